The monoisotopic (exact) mass is 399 g/mol. The molecule has 28 heavy (non-hydrogen) atoms. The van der Waals surface area contributed by atoms with Crippen molar-refractivity contribution in [1.29, 1.82) is 0 Å². The minimum Gasteiger partial charge on any atom is -0.344 e. The van der Waals surface area contributed by atoms with Gasteiger partial charge in [-0.2, -0.15) is 10.2 Å². The Hall–Kier alpha value is -2.60. The van der Waals surface area contributed by atoms with E-state index in [-0.39, 0.29) is 11.9 Å². The molecule has 2 aromatic heterocycles. The highest BCUT2D eigenvalue weighted by molar-refractivity contribution is 6.30. The second-order valence-corrected chi connectivity index (χ2v) is 7.32. The van der Waals surface area contributed by atoms with Gasteiger partial charge >= 0.3 is 0 Å². The van der Waals surface area contributed by atoms with Crippen molar-refractivity contribution in [2.24, 2.45) is 7.05 Å². The second kappa shape index (κ2) is 8.19. The highest BCUT2D eigenvalue weighted by Gasteiger charge is 2.23. The van der Waals surface area contributed by atoms with E-state index >= 15 is 0 Å². The first-order valence-corrected chi connectivity index (χ1v) is 9.88. The van der Waals surface area contributed by atoms with Crippen LogP contribution in [0.5, 0.6) is 0 Å². The fourth-order valence-corrected chi connectivity index (χ4v) is 3.73. The largest absolute Gasteiger partial charge is 0.344 e. The molecule has 0 saturated carbocycles. The van der Waals surface area contributed by atoms with Crippen molar-refractivity contribution < 1.29 is 4.79 Å². The van der Waals surface area contributed by atoms with E-state index in [9.17, 15) is 4.79 Å². The smallest absolute Gasteiger partial charge is 0.272 e. The summed E-state index contributed by atoms with van der Waals surface area (Å²) in [5, 5.41) is 12.8. The Morgan fingerprint density at radius 2 is 1.86 bits per heavy atom. The van der Waals surface area contributed by atoms with Gasteiger partial charge in [0.05, 0.1) is 17.4 Å². The van der Waals surface area contributed by atoms with Gasteiger partial charge in [0.15, 0.2) is 5.69 Å². The maximum absolute atomic E-state index is 12.9. The highest BCUT2D eigenvalue weighted by atomic mass is 35.5. The molecule has 0 unspecified atom stereocenters. The van der Waals surface area contributed by atoms with E-state index in [1.807, 2.05) is 49.8 Å². The molecule has 148 valence electrons. The molecule has 0 aliphatic heterocycles. The standard InChI is InChI=1S/C21H26ClN5O/c1-6-17(20-13(3)24-27(7-2)14(20)4)23-21(28)18-12-19(26(5)25-18)15-8-10-16(22)11-9-15/h8-12,17H,6-7H2,1-5H3,(H,23,28)/t17-/m0/s1. The van der Waals surface area contributed by atoms with Crippen LogP contribution >= 0.6 is 11.6 Å². The molecule has 1 aromatic carbocycles. The van der Waals surface area contributed by atoms with E-state index < -0.39 is 0 Å². The zero-order valence-corrected chi connectivity index (χ0v) is 17.7. The Kier molecular flexibility index (Phi) is 5.89. The van der Waals surface area contributed by atoms with Crippen molar-refractivity contribution in [2.45, 2.75) is 46.7 Å². The van der Waals surface area contributed by atoms with E-state index in [0.29, 0.717) is 10.7 Å². The number of halogens is 1. The van der Waals surface area contributed by atoms with Crippen LogP contribution in [0, 0.1) is 13.8 Å². The topological polar surface area (TPSA) is 64.7 Å². The molecule has 7 heteroatoms. The fraction of sp³-hybridized carbons (Fsp3) is 0.381. The van der Waals surface area contributed by atoms with Gasteiger partial charge in [-0.1, -0.05) is 30.7 Å². The van der Waals surface area contributed by atoms with Crippen LogP contribution in [-0.2, 0) is 13.6 Å². The Balaban J connectivity index is 1.85. The maximum atomic E-state index is 12.9. The van der Waals surface area contributed by atoms with E-state index in [1.165, 1.54) is 0 Å². The third kappa shape index (κ3) is 3.83. The van der Waals surface area contributed by atoms with Gasteiger partial charge in [-0.3, -0.25) is 14.2 Å². The number of nitrogens with one attached hydrogen (secondary N) is 1. The average Bonchev–Trinajstić information content (AvgIpc) is 3.20. The SMILES string of the molecule is CC[C@H](NC(=O)c1cc(-c2ccc(Cl)cc2)n(C)n1)c1c(C)nn(CC)c1C. The first kappa shape index (κ1) is 20.1. The summed E-state index contributed by atoms with van der Waals surface area (Å²) in [4.78, 5) is 12.9. The molecule has 3 rings (SSSR count). The Bertz CT molecular complexity index is 987. The van der Waals surface area contributed by atoms with Crippen LogP contribution < -0.4 is 5.32 Å². The van der Waals surface area contributed by atoms with Crippen LogP contribution in [0.3, 0.4) is 0 Å². The number of benzene rings is 1. The van der Waals surface area contributed by atoms with Crippen molar-refractivity contribution >= 4 is 17.5 Å². The van der Waals surface area contributed by atoms with Gasteiger partial charge in [0.1, 0.15) is 0 Å². The number of aromatic nitrogens is 4. The molecule has 0 bridgehead atoms. The molecule has 1 N–H and O–H groups in total. The van der Waals surface area contributed by atoms with Gasteiger partial charge in [0.2, 0.25) is 0 Å². The minimum absolute atomic E-state index is 0.103. The van der Waals surface area contributed by atoms with Crippen LogP contribution in [0.25, 0.3) is 11.3 Å². The van der Waals surface area contributed by atoms with Gasteiger partial charge < -0.3 is 5.32 Å². The van der Waals surface area contributed by atoms with Crippen molar-refractivity contribution in [1.82, 2.24) is 24.9 Å². The van der Waals surface area contributed by atoms with E-state index in [2.05, 4.69) is 29.4 Å². The van der Waals surface area contributed by atoms with Gasteiger partial charge in [-0.15, -0.1) is 0 Å². The van der Waals surface area contributed by atoms with E-state index in [0.717, 1.165) is 41.2 Å². The van der Waals surface area contributed by atoms with E-state index in [1.54, 1.807) is 10.7 Å². The van der Waals surface area contributed by atoms with Crippen molar-refractivity contribution in [2.75, 3.05) is 0 Å². The quantitative estimate of drug-likeness (QED) is 0.665. The van der Waals surface area contributed by atoms with Crippen LogP contribution in [-0.4, -0.2) is 25.5 Å². The molecule has 0 saturated heterocycles. The van der Waals surface area contributed by atoms with Crippen LogP contribution in [0.4, 0.5) is 0 Å². The average molecular weight is 400 g/mol. The zero-order valence-electron chi connectivity index (χ0n) is 17.0. The Labute approximate surface area is 170 Å². The molecule has 0 aliphatic carbocycles. The summed E-state index contributed by atoms with van der Waals surface area (Å²) in [5.41, 5.74) is 5.35. The summed E-state index contributed by atoms with van der Waals surface area (Å²) in [6.07, 6.45) is 0.777. The number of hydrogen-bond acceptors (Lipinski definition) is 3. The van der Waals surface area contributed by atoms with Gasteiger partial charge in [0, 0.05) is 29.9 Å². The lowest BCUT2D eigenvalue weighted by Gasteiger charge is -2.17. The van der Waals surface area contributed by atoms with Gasteiger partial charge in [0.25, 0.3) is 5.91 Å². The predicted octanol–water partition coefficient (Wildman–Crippen LogP) is 4.45. The minimum atomic E-state index is -0.189. The van der Waals surface area contributed by atoms with Crippen molar-refractivity contribution in [3.05, 3.63) is 58.0 Å². The van der Waals surface area contributed by atoms with Crippen molar-refractivity contribution in [3.8, 4) is 11.3 Å². The van der Waals surface area contributed by atoms with Gasteiger partial charge in [-0.05, 0) is 51.0 Å². The third-order valence-corrected chi connectivity index (χ3v) is 5.30. The molecule has 6 nitrogen and oxygen atoms in total. The summed E-state index contributed by atoms with van der Waals surface area (Å²) in [7, 11) is 1.83. The van der Waals surface area contributed by atoms with Crippen LogP contribution in [0.15, 0.2) is 30.3 Å². The molecule has 0 spiro atoms. The maximum Gasteiger partial charge on any atom is 0.272 e. The molecule has 3 aromatic rings. The molecular formula is C21H26ClN5O. The molecular weight excluding hydrogens is 374 g/mol. The lowest BCUT2D eigenvalue weighted by atomic mass is 10.0. The Morgan fingerprint density at radius 3 is 2.43 bits per heavy atom. The molecule has 2 heterocycles. The number of nitrogens with zero attached hydrogens (tertiary/aromatic N) is 4. The second-order valence-electron chi connectivity index (χ2n) is 6.88. The highest BCUT2D eigenvalue weighted by Crippen LogP contribution is 2.26. The summed E-state index contributed by atoms with van der Waals surface area (Å²) in [6.45, 7) is 8.97. The molecule has 1 amide bonds. The number of carbonyl (C=O) groups excluding carboxylic acids is 1. The normalized spacial score (nSPS) is 12.2. The molecule has 0 radical (unpaired) electrons. The third-order valence-electron chi connectivity index (χ3n) is 5.05. The Morgan fingerprint density at radius 1 is 1.18 bits per heavy atom. The first-order valence-electron chi connectivity index (χ1n) is 9.50. The number of aryl methyl sites for hydroxylation is 3. The lowest BCUT2D eigenvalue weighted by molar-refractivity contribution is 0.0929. The van der Waals surface area contributed by atoms with Crippen molar-refractivity contribution in [3.63, 3.8) is 0 Å². The summed E-state index contributed by atoms with van der Waals surface area (Å²) in [5.74, 6) is -0.189. The molecule has 0 aliphatic rings. The summed E-state index contributed by atoms with van der Waals surface area (Å²) >= 11 is 5.97. The number of carbonyl (C=O) groups is 1. The predicted molar refractivity (Wildman–Crippen MR) is 112 cm³/mol. The van der Waals surface area contributed by atoms with Crippen LogP contribution in [0.2, 0.25) is 5.02 Å². The molecule has 0 fully saturated rings. The summed E-state index contributed by atoms with van der Waals surface area (Å²) < 4.78 is 3.68. The number of rotatable bonds is 6. The number of hydrogen-bond donors (Lipinski definition) is 1. The lowest BCUT2D eigenvalue weighted by Crippen LogP contribution is -2.29. The van der Waals surface area contributed by atoms with Crippen LogP contribution in [0.1, 0.15) is 53.7 Å². The van der Waals surface area contributed by atoms with E-state index in [4.69, 9.17) is 11.6 Å². The first-order chi connectivity index (χ1) is 13.3. The fourth-order valence-electron chi connectivity index (χ4n) is 3.60. The summed E-state index contributed by atoms with van der Waals surface area (Å²) in [6, 6.07) is 9.19. The van der Waals surface area contributed by atoms with Gasteiger partial charge in [-0.25, -0.2) is 0 Å². The number of amides is 1. The zero-order chi connectivity index (χ0) is 20.4. The molecule has 1 atom stereocenters.